The molecule has 0 radical (unpaired) electrons. The van der Waals surface area contributed by atoms with E-state index in [1.165, 1.54) is 73.7 Å². The van der Waals surface area contributed by atoms with Gasteiger partial charge < -0.3 is 8.97 Å². The summed E-state index contributed by atoms with van der Waals surface area (Å²) in [5.74, 6) is 0.600. The molecule has 0 amide bonds. The summed E-state index contributed by atoms with van der Waals surface area (Å²) in [6, 6.07) is 18.8. The quantitative estimate of drug-likeness (QED) is 0.177. The molecule has 2 nitrogen and oxygen atoms in total. The lowest BCUT2D eigenvalue weighted by atomic mass is 9.71. The van der Waals surface area contributed by atoms with Crippen LogP contribution in [0.3, 0.4) is 0 Å². The molecule has 0 aliphatic heterocycles. The minimum absolute atomic E-state index is 0.223. The predicted octanol–water partition coefficient (Wildman–Crippen LogP) is 9.15. The van der Waals surface area contributed by atoms with Gasteiger partial charge in [0.15, 0.2) is 0 Å². The fourth-order valence-electron chi connectivity index (χ4n) is 6.17. The maximum atomic E-state index is 3.92. The molecule has 39 heavy (non-hydrogen) atoms. The summed E-state index contributed by atoms with van der Waals surface area (Å²) in [6.07, 6.45) is 13.0. The van der Waals surface area contributed by atoms with Crippen LogP contribution in [0, 0.1) is 5.41 Å². The van der Waals surface area contributed by atoms with Crippen molar-refractivity contribution in [3.8, 4) is 0 Å². The molecule has 0 heterocycles. The zero-order valence-corrected chi connectivity index (χ0v) is 27.4. The van der Waals surface area contributed by atoms with Crippen molar-refractivity contribution in [1.29, 1.82) is 0 Å². The molecule has 0 bridgehead atoms. The second-order valence-electron chi connectivity index (χ2n) is 14.9. The number of quaternary nitrogens is 2. The minimum Gasteiger partial charge on any atom is -0.331 e. The predicted molar refractivity (Wildman–Crippen MR) is 174 cm³/mol. The average Bonchev–Trinajstić information content (AvgIpc) is 2.86. The summed E-state index contributed by atoms with van der Waals surface area (Å²) in [4.78, 5) is 0. The molecule has 2 heteroatoms. The molecule has 0 aliphatic rings. The third kappa shape index (κ3) is 10.5. The summed E-state index contributed by atoms with van der Waals surface area (Å²) in [6.45, 7) is 14.9. The van der Waals surface area contributed by atoms with E-state index in [2.05, 4.69) is 125 Å². The van der Waals surface area contributed by atoms with Gasteiger partial charge in [0.2, 0.25) is 0 Å². The number of likely N-dealkylation sites (N-methyl/N-ethyl adjacent to an activating group) is 1. The fourth-order valence-corrected chi connectivity index (χ4v) is 6.17. The zero-order chi connectivity index (χ0) is 29.3. The molecular weight excluding hydrogens is 472 g/mol. The Hall–Kier alpha value is -1.90. The van der Waals surface area contributed by atoms with Gasteiger partial charge >= 0.3 is 0 Å². The molecule has 0 fully saturated rings. The standard InChI is InChI=1S/C37H62N2/c1-12-15-25-36(4,28-32-19-17-31(13-2)18-20-32)30-34(14-3)35-23-21-33(22-24-35)29-37(5,39(9,10)11)26-16-27-38(6,7)8/h13,17-24,34H,2,12,14-16,25-30H2,1,3-11H3/q+2/t34?,36-,37?/m1/s1. The Morgan fingerprint density at radius 2 is 1.33 bits per heavy atom. The van der Waals surface area contributed by atoms with E-state index < -0.39 is 0 Å². The highest BCUT2D eigenvalue weighted by atomic mass is 15.3. The van der Waals surface area contributed by atoms with Crippen molar-refractivity contribution >= 4 is 6.08 Å². The van der Waals surface area contributed by atoms with Gasteiger partial charge in [-0.15, -0.1) is 0 Å². The largest absolute Gasteiger partial charge is 0.331 e. The highest BCUT2D eigenvalue weighted by Gasteiger charge is 2.38. The number of benzene rings is 2. The van der Waals surface area contributed by atoms with Crippen LogP contribution in [-0.2, 0) is 12.8 Å². The molecular formula is C37H62N2+2. The lowest BCUT2D eigenvalue weighted by Gasteiger charge is -2.45. The zero-order valence-electron chi connectivity index (χ0n) is 27.4. The number of unbranched alkanes of at least 4 members (excludes halogenated alkanes) is 1. The molecule has 2 aromatic rings. The van der Waals surface area contributed by atoms with E-state index in [1.807, 2.05) is 6.08 Å². The molecule has 0 N–H and O–H groups in total. The van der Waals surface area contributed by atoms with Crippen molar-refractivity contribution in [3.63, 3.8) is 0 Å². The topological polar surface area (TPSA) is 0 Å². The van der Waals surface area contributed by atoms with Crippen LogP contribution in [0.25, 0.3) is 6.08 Å². The Balaban J connectivity index is 2.19. The van der Waals surface area contributed by atoms with E-state index in [0.717, 1.165) is 21.8 Å². The molecule has 2 rings (SSSR count). The van der Waals surface area contributed by atoms with Crippen LogP contribution in [0.1, 0.15) is 101 Å². The van der Waals surface area contributed by atoms with Crippen molar-refractivity contribution in [1.82, 2.24) is 0 Å². The Morgan fingerprint density at radius 3 is 1.82 bits per heavy atom. The molecule has 218 valence electrons. The van der Waals surface area contributed by atoms with Crippen molar-refractivity contribution in [2.24, 2.45) is 5.41 Å². The molecule has 2 aromatic carbocycles. The summed E-state index contributed by atoms with van der Waals surface area (Å²) < 4.78 is 2.03. The Kier molecular flexibility index (Phi) is 12.1. The smallest absolute Gasteiger partial charge is 0.100 e. The first-order valence-electron chi connectivity index (χ1n) is 15.6. The van der Waals surface area contributed by atoms with Crippen molar-refractivity contribution in [3.05, 3.63) is 77.4 Å². The molecule has 0 saturated carbocycles. The van der Waals surface area contributed by atoms with Gasteiger partial charge in [0.05, 0.1) is 48.8 Å². The van der Waals surface area contributed by atoms with E-state index >= 15 is 0 Å². The van der Waals surface area contributed by atoms with Gasteiger partial charge in [0.25, 0.3) is 0 Å². The van der Waals surface area contributed by atoms with Gasteiger partial charge in [-0.3, -0.25) is 0 Å². The van der Waals surface area contributed by atoms with Gasteiger partial charge in [-0.25, -0.2) is 0 Å². The second-order valence-corrected chi connectivity index (χ2v) is 14.9. The summed E-state index contributed by atoms with van der Waals surface area (Å²) in [5.41, 5.74) is 6.18. The van der Waals surface area contributed by atoms with E-state index in [4.69, 9.17) is 0 Å². The Morgan fingerprint density at radius 1 is 0.769 bits per heavy atom. The Labute approximate surface area is 243 Å². The van der Waals surface area contributed by atoms with E-state index in [1.54, 1.807) is 0 Å². The monoisotopic (exact) mass is 534 g/mol. The van der Waals surface area contributed by atoms with Crippen LogP contribution < -0.4 is 0 Å². The van der Waals surface area contributed by atoms with Crippen molar-refractivity contribution in [2.45, 2.75) is 96.9 Å². The molecule has 2 unspecified atom stereocenters. The van der Waals surface area contributed by atoms with Crippen LogP contribution in [0.5, 0.6) is 0 Å². The molecule has 0 aromatic heterocycles. The summed E-state index contributed by atoms with van der Waals surface area (Å²) >= 11 is 0. The molecule has 0 aliphatic carbocycles. The fraction of sp³-hybridized carbons (Fsp3) is 0.622. The van der Waals surface area contributed by atoms with E-state index in [-0.39, 0.29) is 5.54 Å². The first-order valence-corrected chi connectivity index (χ1v) is 15.6. The third-order valence-electron chi connectivity index (χ3n) is 9.41. The Bertz CT molecular complexity index is 990. The highest BCUT2D eigenvalue weighted by Crippen LogP contribution is 2.41. The highest BCUT2D eigenvalue weighted by molar-refractivity contribution is 5.47. The lowest BCUT2D eigenvalue weighted by molar-refractivity contribution is -0.923. The molecule has 3 atom stereocenters. The SMILES string of the molecule is C=Cc1ccc(C[C@@](C)(CCCC)CC(CC)c2ccc(CC(C)(CCC[N+](C)(C)C)[N+](C)(C)C)cc2)cc1. The number of nitrogens with zero attached hydrogens (tertiary/aromatic N) is 2. The molecule has 0 spiro atoms. The number of rotatable bonds is 17. The van der Waals surface area contributed by atoms with Gasteiger partial charge in [-0.2, -0.15) is 0 Å². The van der Waals surface area contributed by atoms with Gasteiger partial charge in [-0.1, -0.05) is 94.8 Å². The normalized spacial score (nSPS) is 16.4. The van der Waals surface area contributed by atoms with Gasteiger partial charge in [0.1, 0.15) is 5.54 Å². The van der Waals surface area contributed by atoms with Crippen LogP contribution in [0.15, 0.2) is 55.1 Å². The van der Waals surface area contributed by atoms with Crippen LogP contribution >= 0.6 is 0 Å². The summed E-state index contributed by atoms with van der Waals surface area (Å²) in [5, 5.41) is 0. The third-order valence-corrected chi connectivity index (χ3v) is 9.41. The summed E-state index contributed by atoms with van der Waals surface area (Å²) in [7, 11) is 14.0. The van der Waals surface area contributed by atoms with Crippen molar-refractivity contribution in [2.75, 3.05) is 48.8 Å². The minimum atomic E-state index is 0.223. The number of hydrogen-bond acceptors (Lipinski definition) is 0. The van der Waals surface area contributed by atoms with Gasteiger partial charge in [0, 0.05) is 19.3 Å². The lowest BCUT2D eigenvalue weighted by Crippen LogP contribution is -2.56. The second kappa shape index (κ2) is 14.1. The van der Waals surface area contributed by atoms with E-state index in [0.29, 0.717) is 11.3 Å². The van der Waals surface area contributed by atoms with Crippen LogP contribution in [0.4, 0.5) is 0 Å². The number of hydrogen-bond donors (Lipinski definition) is 0. The average molecular weight is 535 g/mol. The van der Waals surface area contributed by atoms with Gasteiger partial charge in [-0.05, 0) is 66.2 Å². The van der Waals surface area contributed by atoms with Crippen molar-refractivity contribution < 1.29 is 8.97 Å². The van der Waals surface area contributed by atoms with Crippen LogP contribution in [-0.4, -0.2) is 63.3 Å². The van der Waals surface area contributed by atoms with E-state index in [9.17, 15) is 0 Å². The maximum Gasteiger partial charge on any atom is 0.100 e. The van der Waals surface area contributed by atoms with Crippen LogP contribution in [0.2, 0.25) is 0 Å². The maximum absolute atomic E-state index is 3.92. The first-order chi connectivity index (χ1) is 18.1. The molecule has 0 saturated heterocycles. The first kappa shape index (κ1) is 33.3.